The number of hydrogen-bond acceptors (Lipinski definition) is 2. The topological polar surface area (TPSA) is 26.3 Å². The zero-order valence-corrected chi connectivity index (χ0v) is 11.2. The zero-order chi connectivity index (χ0) is 12.6. The van der Waals surface area contributed by atoms with Crippen LogP contribution in [0.1, 0.15) is 40.5 Å². The lowest BCUT2D eigenvalue weighted by Crippen LogP contribution is -2.48. The van der Waals surface area contributed by atoms with Crippen molar-refractivity contribution in [3.63, 3.8) is 0 Å². The Bertz CT molecular complexity index is 388. The van der Waals surface area contributed by atoms with E-state index in [4.69, 9.17) is 4.74 Å². The molecule has 2 atom stereocenters. The first-order valence-corrected chi connectivity index (χ1v) is 6.45. The van der Waals surface area contributed by atoms with Gasteiger partial charge in [0.25, 0.3) is 0 Å². The van der Waals surface area contributed by atoms with Crippen molar-refractivity contribution in [2.45, 2.75) is 40.5 Å². The Morgan fingerprint density at radius 3 is 2.82 bits per heavy atom. The van der Waals surface area contributed by atoms with Crippen molar-refractivity contribution in [2.75, 3.05) is 6.61 Å². The summed E-state index contributed by atoms with van der Waals surface area (Å²) in [5.74, 6) is 1.27. The molecule has 0 aliphatic heterocycles. The molecule has 0 aromatic rings. The van der Waals surface area contributed by atoms with E-state index in [-0.39, 0.29) is 5.97 Å². The Labute approximate surface area is 104 Å². The molecule has 94 valence electrons. The molecule has 2 unspecified atom stereocenters. The molecule has 0 N–H and O–H groups in total. The van der Waals surface area contributed by atoms with Crippen LogP contribution in [0.2, 0.25) is 0 Å². The highest BCUT2D eigenvalue weighted by atomic mass is 16.5. The summed E-state index contributed by atoms with van der Waals surface area (Å²) >= 11 is 0. The lowest BCUT2D eigenvalue weighted by molar-refractivity contribution is -0.138. The summed E-state index contributed by atoms with van der Waals surface area (Å²) in [4.78, 5) is 11.6. The Kier molecular flexibility index (Phi) is 3.15. The van der Waals surface area contributed by atoms with Gasteiger partial charge in [0, 0.05) is 5.57 Å². The van der Waals surface area contributed by atoms with Gasteiger partial charge in [0.15, 0.2) is 0 Å². The van der Waals surface area contributed by atoms with Crippen LogP contribution < -0.4 is 0 Å². The van der Waals surface area contributed by atoms with E-state index in [0.29, 0.717) is 23.5 Å². The third-order valence-corrected chi connectivity index (χ3v) is 4.71. The van der Waals surface area contributed by atoms with Crippen molar-refractivity contribution in [3.8, 4) is 0 Å². The van der Waals surface area contributed by atoms with E-state index in [9.17, 15) is 4.79 Å². The van der Waals surface area contributed by atoms with Gasteiger partial charge in [-0.05, 0) is 49.5 Å². The van der Waals surface area contributed by atoms with Crippen LogP contribution in [0.15, 0.2) is 23.3 Å². The van der Waals surface area contributed by atoms with E-state index in [1.807, 2.05) is 6.92 Å². The van der Waals surface area contributed by atoms with Gasteiger partial charge in [-0.3, -0.25) is 0 Å². The van der Waals surface area contributed by atoms with Crippen molar-refractivity contribution in [1.82, 2.24) is 0 Å². The van der Waals surface area contributed by atoms with E-state index in [1.165, 1.54) is 12.0 Å². The van der Waals surface area contributed by atoms with Gasteiger partial charge in [0.1, 0.15) is 6.61 Å². The molecule has 3 aliphatic rings. The first kappa shape index (κ1) is 12.4. The van der Waals surface area contributed by atoms with E-state index in [2.05, 4.69) is 19.9 Å². The number of carbonyl (C=O) groups excluding carboxylic acids is 1. The fourth-order valence-electron chi connectivity index (χ4n) is 3.02. The standard InChI is InChI=1S/C15H22O2/c1-5-10(2)14(16)17-9-11-6-7-12-8-13(11)15(12,3)4/h5-6,12-13H,7-9H2,1-4H3/b10-5-. The molecule has 1 fully saturated rings. The summed E-state index contributed by atoms with van der Waals surface area (Å²) in [5, 5.41) is 0. The van der Waals surface area contributed by atoms with Crippen molar-refractivity contribution >= 4 is 5.97 Å². The molecule has 3 aliphatic carbocycles. The predicted octanol–water partition coefficient (Wildman–Crippen LogP) is 3.49. The van der Waals surface area contributed by atoms with Crippen LogP contribution in [0.3, 0.4) is 0 Å². The first-order chi connectivity index (χ1) is 7.96. The molecule has 0 aromatic carbocycles. The average Bonchev–Trinajstić information content (AvgIpc) is 2.34. The second-order valence-electron chi connectivity index (χ2n) is 5.87. The molecule has 0 amide bonds. The van der Waals surface area contributed by atoms with Crippen molar-refractivity contribution in [2.24, 2.45) is 17.3 Å². The quantitative estimate of drug-likeness (QED) is 0.424. The number of carbonyl (C=O) groups is 1. The highest BCUT2D eigenvalue weighted by molar-refractivity contribution is 5.87. The maximum Gasteiger partial charge on any atom is 0.333 e. The lowest BCUT2D eigenvalue weighted by atomic mass is 9.49. The second kappa shape index (κ2) is 4.32. The monoisotopic (exact) mass is 234 g/mol. The largest absolute Gasteiger partial charge is 0.458 e. The van der Waals surface area contributed by atoms with Crippen LogP contribution in [0.5, 0.6) is 0 Å². The molecule has 17 heavy (non-hydrogen) atoms. The van der Waals surface area contributed by atoms with E-state index < -0.39 is 0 Å². The van der Waals surface area contributed by atoms with Gasteiger partial charge in [-0.15, -0.1) is 0 Å². The van der Waals surface area contributed by atoms with E-state index >= 15 is 0 Å². The minimum Gasteiger partial charge on any atom is -0.458 e. The summed E-state index contributed by atoms with van der Waals surface area (Å²) in [6.45, 7) is 8.79. The smallest absolute Gasteiger partial charge is 0.333 e. The van der Waals surface area contributed by atoms with Crippen LogP contribution in [0, 0.1) is 17.3 Å². The highest BCUT2D eigenvalue weighted by Crippen LogP contribution is 2.59. The fourth-order valence-corrected chi connectivity index (χ4v) is 3.02. The summed E-state index contributed by atoms with van der Waals surface area (Å²) < 4.78 is 5.35. The van der Waals surface area contributed by atoms with Crippen molar-refractivity contribution in [1.29, 1.82) is 0 Å². The number of ether oxygens (including phenoxy) is 1. The molecule has 2 bridgehead atoms. The number of rotatable bonds is 3. The summed E-state index contributed by atoms with van der Waals surface area (Å²) in [6.07, 6.45) is 6.50. The minimum atomic E-state index is -0.187. The van der Waals surface area contributed by atoms with Crippen LogP contribution >= 0.6 is 0 Å². The van der Waals surface area contributed by atoms with Crippen LogP contribution in [0.4, 0.5) is 0 Å². The lowest BCUT2D eigenvalue weighted by Gasteiger charge is -2.56. The number of hydrogen-bond donors (Lipinski definition) is 0. The predicted molar refractivity (Wildman–Crippen MR) is 68.5 cm³/mol. The molecule has 0 spiro atoms. The first-order valence-electron chi connectivity index (χ1n) is 6.45. The molecular formula is C15H22O2. The van der Waals surface area contributed by atoms with Crippen molar-refractivity contribution in [3.05, 3.63) is 23.3 Å². The zero-order valence-electron chi connectivity index (χ0n) is 11.2. The average molecular weight is 234 g/mol. The number of esters is 1. The van der Waals surface area contributed by atoms with Crippen molar-refractivity contribution < 1.29 is 9.53 Å². The summed E-state index contributed by atoms with van der Waals surface area (Å²) in [7, 11) is 0. The third-order valence-electron chi connectivity index (χ3n) is 4.71. The third kappa shape index (κ3) is 2.05. The number of fused-ring (bicyclic) bond motifs is 1. The Balaban J connectivity index is 1.93. The molecule has 0 saturated heterocycles. The Morgan fingerprint density at radius 1 is 1.59 bits per heavy atom. The Morgan fingerprint density at radius 2 is 2.29 bits per heavy atom. The normalized spacial score (nSPS) is 30.4. The second-order valence-corrected chi connectivity index (χ2v) is 5.87. The van der Waals surface area contributed by atoms with Gasteiger partial charge < -0.3 is 4.74 Å². The molecule has 3 rings (SSSR count). The molecule has 0 radical (unpaired) electrons. The molecule has 0 aromatic heterocycles. The van der Waals surface area contributed by atoms with Crippen LogP contribution in [-0.4, -0.2) is 12.6 Å². The van der Waals surface area contributed by atoms with Gasteiger partial charge in [-0.25, -0.2) is 4.79 Å². The maximum atomic E-state index is 11.6. The van der Waals surface area contributed by atoms with E-state index in [0.717, 1.165) is 12.3 Å². The van der Waals surface area contributed by atoms with Crippen LogP contribution in [0.25, 0.3) is 0 Å². The van der Waals surface area contributed by atoms with Gasteiger partial charge >= 0.3 is 5.97 Å². The van der Waals surface area contributed by atoms with Gasteiger partial charge in [0.2, 0.25) is 0 Å². The Hall–Kier alpha value is -1.05. The number of allylic oxidation sites excluding steroid dienone is 2. The molecule has 1 saturated carbocycles. The van der Waals surface area contributed by atoms with Gasteiger partial charge in [-0.1, -0.05) is 26.0 Å². The van der Waals surface area contributed by atoms with E-state index in [1.54, 1.807) is 13.0 Å². The van der Waals surface area contributed by atoms with Gasteiger partial charge in [-0.2, -0.15) is 0 Å². The molecule has 0 heterocycles. The summed E-state index contributed by atoms with van der Waals surface area (Å²) in [6, 6.07) is 0. The SMILES string of the molecule is C/C=C(/C)C(=O)OCC1=CCC2CC1C2(C)C. The van der Waals surface area contributed by atoms with Gasteiger partial charge in [0.05, 0.1) is 0 Å². The minimum absolute atomic E-state index is 0.187. The highest BCUT2D eigenvalue weighted by Gasteiger charge is 2.51. The maximum absolute atomic E-state index is 11.6. The molecule has 2 nitrogen and oxygen atoms in total. The summed E-state index contributed by atoms with van der Waals surface area (Å²) in [5.41, 5.74) is 2.42. The molecular weight excluding hydrogens is 212 g/mol. The fraction of sp³-hybridized carbons (Fsp3) is 0.667. The van der Waals surface area contributed by atoms with Crippen LogP contribution in [-0.2, 0) is 9.53 Å². The molecule has 2 heteroatoms.